The fraction of sp³-hybridized carbons (Fsp3) is 0.412. The highest BCUT2D eigenvalue weighted by molar-refractivity contribution is 5.97. The summed E-state index contributed by atoms with van der Waals surface area (Å²) in [5.41, 5.74) is 0.824. The number of aromatic nitrogens is 2. The van der Waals surface area contributed by atoms with Crippen molar-refractivity contribution in [3.63, 3.8) is 0 Å². The number of piperidine rings is 1. The van der Waals surface area contributed by atoms with E-state index in [0.29, 0.717) is 25.9 Å². The van der Waals surface area contributed by atoms with Crippen LogP contribution in [0.15, 0.2) is 36.5 Å². The number of hydrogen-bond acceptors (Lipinski definition) is 3. The average molecular weight is 371 g/mol. The number of nitrogens with zero attached hydrogens (tertiary/aromatic N) is 2. The minimum Gasteiger partial charge on any atom is -0.427 e. The second kappa shape index (κ2) is 7.35. The molecule has 1 N–H and O–H groups in total. The van der Waals surface area contributed by atoms with Crippen LogP contribution < -0.4 is 4.74 Å². The molecular weight excluding hydrogens is 354 g/mol. The van der Waals surface area contributed by atoms with Gasteiger partial charge in [0.2, 0.25) is 0 Å². The third-order valence-electron chi connectivity index (χ3n) is 4.36. The smallest absolute Gasteiger partial charge is 0.427 e. The number of para-hydroxylation sites is 1. The highest BCUT2D eigenvalue weighted by Gasteiger charge is 2.44. The van der Waals surface area contributed by atoms with Gasteiger partial charge in [-0.15, -0.1) is 0 Å². The van der Waals surface area contributed by atoms with Gasteiger partial charge in [0, 0.05) is 30.9 Å². The number of benzene rings is 1. The monoisotopic (exact) mass is 371 g/mol. The van der Waals surface area contributed by atoms with E-state index in [1.807, 2.05) is 6.07 Å². The minimum absolute atomic E-state index is 0.159. The number of likely N-dealkylation sites (tertiary alicyclic amines) is 1. The summed E-state index contributed by atoms with van der Waals surface area (Å²) in [4.78, 5) is 14.2. The number of carbonyl (C=O) groups excluding carboxylic acids is 1. The summed E-state index contributed by atoms with van der Waals surface area (Å²) in [6.45, 7) is 0.837. The van der Waals surface area contributed by atoms with Crippen LogP contribution in [0.1, 0.15) is 34.8 Å². The van der Waals surface area contributed by atoms with Crippen molar-refractivity contribution >= 4 is 5.91 Å². The first-order valence-electron chi connectivity index (χ1n) is 8.11. The molecule has 2 heterocycles. The number of H-pyrrole nitrogens is 1. The Morgan fingerprint density at radius 1 is 1.23 bits per heavy atom. The average Bonchev–Trinajstić information content (AvgIpc) is 3.16. The number of hydrogen-bond donors (Lipinski definition) is 1. The molecule has 0 bridgehead atoms. The van der Waals surface area contributed by atoms with Crippen molar-refractivity contribution in [1.82, 2.24) is 15.1 Å². The van der Waals surface area contributed by atoms with Crippen molar-refractivity contribution < 1.29 is 27.1 Å². The van der Waals surface area contributed by atoms with Crippen LogP contribution >= 0.6 is 0 Å². The number of rotatable bonds is 5. The lowest BCUT2D eigenvalue weighted by atomic mass is 9.93. The van der Waals surface area contributed by atoms with E-state index < -0.39 is 24.2 Å². The third-order valence-corrected chi connectivity index (χ3v) is 4.36. The molecule has 1 aliphatic rings. The highest BCUT2D eigenvalue weighted by Crippen LogP contribution is 2.32. The first-order valence-corrected chi connectivity index (χ1v) is 8.11. The van der Waals surface area contributed by atoms with Gasteiger partial charge >= 0.3 is 12.5 Å². The molecule has 26 heavy (non-hydrogen) atoms. The van der Waals surface area contributed by atoms with Crippen LogP contribution in [0.3, 0.4) is 0 Å². The van der Waals surface area contributed by atoms with Crippen LogP contribution in [0, 0.1) is 0 Å². The van der Waals surface area contributed by atoms with Crippen LogP contribution in [0.2, 0.25) is 0 Å². The number of ether oxygens (including phenoxy) is 1. The Morgan fingerprint density at radius 3 is 2.54 bits per heavy atom. The summed E-state index contributed by atoms with van der Waals surface area (Å²) in [6, 6.07) is 7.06. The Kier molecular flexibility index (Phi) is 5.15. The number of nitrogens with one attached hydrogen (secondary N) is 1. The van der Waals surface area contributed by atoms with Crippen molar-refractivity contribution in [3.8, 4) is 5.75 Å². The van der Waals surface area contributed by atoms with Gasteiger partial charge in [-0.05, 0) is 31.0 Å². The van der Waals surface area contributed by atoms with E-state index in [1.165, 1.54) is 23.1 Å². The molecule has 1 fully saturated rings. The van der Waals surface area contributed by atoms with Crippen LogP contribution in [0.25, 0.3) is 0 Å². The van der Waals surface area contributed by atoms with E-state index in [1.54, 1.807) is 6.20 Å². The Hall–Kier alpha value is -2.58. The van der Waals surface area contributed by atoms with Gasteiger partial charge in [-0.25, -0.2) is 0 Å². The number of carbonyl (C=O) groups is 1. The molecule has 0 radical (unpaired) electrons. The molecule has 1 aromatic heterocycles. The third kappa shape index (κ3) is 3.81. The summed E-state index contributed by atoms with van der Waals surface area (Å²) < 4.78 is 55.4. The molecule has 0 aliphatic carbocycles. The Labute approximate surface area is 146 Å². The molecule has 0 saturated carbocycles. The van der Waals surface area contributed by atoms with Crippen LogP contribution in [0.5, 0.6) is 5.75 Å². The first-order chi connectivity index (χ1) is 12.4. The fourth-order valence-electron chi connectivity index (χ4n) is 2.98. The zero-order valence-electron chi connectivity index (χ0n) is 13.7. The molecule has 5 nitrogen and oxygen atoms in total. The van der Waals surface area contributed by atoms with Crippen molar-refractivity contribution in [3.05, 3.63) is 47.8 Å². The van der Waals surface area contributed by atoms with Gasteiger partial charge < -0.3 is 9.64 Å². The van der Waals surface area contributed by atoms with E-state index >= 15 is 0 Å². The second-order valence-electron chi connectivity index (χ2n) is 6.04. The van der Waals surface area contributed by atoms with Gasteiger partial charge in [-0.3, -0.25) is 9.89 Å². The lowest BCUT2D eigenvalue weighted by Crippen LogP contribution is -2.39. The molecule has 3 rings (SSSR count). The molecule has 0 spiro atoms. The molecule has 0 unspecified atom stereocenters. The van der Waals surface area contributed by atoms with Crippen molar-refractivity contribution in [2.24, 2.45) is 0 Å². The maximum Gasteiger partial charge on any atom is 0.461 e. The van der Waals surface area contributed by atoms with E-state index in [9.17, 15) is 22.4 Å². The maximum absolute atomic E-state index is 13.2. The SMILES string of the molecule is O=C(c1ccccc1OC(F)(F)C(F)F)N1CCC(c2ccn[nH]2)CC1. The maximum atomic E-state index is 13.2. The molecule has 1 amide bonds. The Balaban J connectivity index is 1.71. The van der Waals surface area contributed by atoms with E-state index in [2.05, 4.69) is 14.9 Å². The molecule has 140 valence electrons. The largest absolute Gasteiger partial charge is 0.461 e. The van der Waals surface area contributed by atoms with Gasteiger partial charge in [0.1, 0.15) is 5.75 Å². The van der Waals surface area contributed by atoms with E-state index in [0.717, 1.165) is 11.8 Å². The number of aromatic amines is 1. The second-order valence-corrected chi connectivity index (χ2v) is 6.04. The summed E-state index contributed by atoms with van der Waals surface area (Å²) in [7, 11) is 0. The predicted molar refractivity (Wildman–Crippen MR) is 84.5 cm³/mol. The summed E-state index contributed by atoms with van der Waals surface area (Å²) in [5, 5.41) is 6.80. The molecule has 2 aromatic rings. The van der Waals surface area contributed by atoms with Gasteiger partial charge in [-0.1, -0.05) is 12.1 Å². The van der Waals surface area contributed by atoms with Gasteiger partial charge in [0.15, 0.2) is 0 Å². The summed E-state index contributed by atoms with van der Waals surface area (Å²) in [5.74, 6) is -0.844. The number of amides is 1. The van der Waals surface area contributed by atoms with Gasteiger partial charge in [0.05, 0.1) is 5.56 Å². The topological polar surface area (TPSA) is 58.2 Å². The van der Waals surface area contributed by atoms with E-state index in [4.69, 9.17) is 0 Å². The van der Waals surface area contributed by atoms with E-state index in [-0.39, 0.29) is 11.5 Å². The summed E-state index contributed by atoms with van der Waals surface area (Å²) >= 11 is 0. The summed E-state index contributed by atoms with van der Waals surface area (Å²) in [6.07, 6.45) is -5.63. The minimum atomic E-state index is -4.66. The standard InChI is InChI=1S/C17H17F4N3O2/c18-16(19)17(20,21)26-14-4-2-1-3-12(14)15(25)24-9-6-11(7-10-24)13-5-8-22-23-13/h1-5,8,11,16H,6-7,9-10H2,(H,22,23). The fourth-order valence-corrected chi connectivity index (χ4v) is 2.98. The van der Waals surface area contributed by atoms with Crippen molar-refractivity contribution in [2.45, 2.75) is 31.3 Å². The zero-order valence-corrected chi connectivity index (χ0v) is 13.7. The molecule has 0 atom stereocenters. The number of alkyl halides is 4. The molecule has 1 aliphatic heterocycles. The molecular formula is C17H17F4N3O2. The Morgan fingerprint density at radius 2 is 1.92 bits per heavy atom. The highest BCUT2D eigenvalue weighted by atomic mass is 19.3. The van der Waals surface area contributed by atoms with Crippen molar-refractivity contribution in [2.75, 3.05) is 13.1 Å². The van der Waals surface area contributed by atoms with Crippen molar-refractivity contribution in [1.29, 1.82) is 0 Å². The first kappa shape index (κ1) is 18.2. The van der Waals surface area contributed by atoms with Gasteiger partial charge in [0.25, 0.3) is 5.91 Å². The lowest BCUT2D eigenvalue weighted by Gasteiger charge is -2.32. The molecule has 1 aromatic carbocycles. The van der Waals surface area contributed by atoms with Crippen LogP contribution in [-0.4, -0.2) is 46.6 Å². The Bertz CT molecular complexity index is 744. The predicted octanol–water partition coefficient (Wildman–Crippen LogP) is 3.67. The normalized spacial score (nSPS) is 16.1. The van der Waals surface area contributed by atoms with Crippen LogP contribution in [-0.2, 0) is 0 Å². The number of halogens is 4. The van der Waals surface area contributed by atoms with Crippen LogP contribution in [0.4, 0.5) is 17.6 Å². The quantitative estimate of drug-likeness (QED) is 0.816. The van der Waals surface area contributed by atoms with Gasteiger partial charge in [-0.2, -0.15) is 22.7 Å². The lowest BCUT2D eigenvalue weighted by molar-refractivity contribution is -0.253. The molecule has 9 heteroatoms. The zero-order chi connectivity index (χ0) is 18.7. The molecule has 1 saturated heterocycles.